The molecule has 68 valence electrons. The fraction of sp³-hybridized carbons (Fsp3) is 0.250. The van der Waals surface area contributed by atoms with E-state index < -0.39 is 0 Å². The van der Waals surface area contributed by atoms with Gasteiger partial charge in [0.1, 0.15) is 0 Å². The molecule has 0 heterocycles. The zero-order chi connectivity index (χ0) is 8.27. The largest absolute Gasteiger partial charge is 0.316 e. The van der Waals surface area contributed by atoms with E-state index in [1.54, 1.807) is 0 Å². The van der Waals surface area contributed by atoms with Gasteiger partial charge in [-0.25, -0.2) is 0 Å². The molecular weight excluding hydrogens is 261 g/mol. The average molecular weight is 271 g/mol. The molecule has 1 rings (SSSR count). The van der Waals surface area contributed by atoms with E-state index in [-0.39, 0.29) is 12.4 Å². The van der Waals surface area contributed by atoms with E-state index in [4.69, 9.17) is 11.6 Å². The molecule has 1 nitrogen and oxygen atoms in total. The Labute approximate surface area is 92.0 Å². The molecule has 12 heavy (non-hydrogen) atoms. The van der Waals surface area contributed by atoms with Crippen LogP contribution in [0.15, 0.2) is 22.7 Å². The van der Waals surface area contributed by atoms with Gasteiger partial charge in [0.25, 0.3) is 0 Å². The summed E-state index contributed by atoms with van der Waals surface area (Å²) >= 11 is 9.28. The van der Waals surface area contributed by atoms with E-state index in [1.807, 2.05) is 25.2 Å². The first-order valence-electron chi connectivity index (χ1n) is 3.33. The molecular formula is C8H10BrCl2N. The second kappa shape index (κ2) is 5.81. The maximum atomic E-state index is 5.87. The monoisotopic (exact) mass is 269 g/mol. The lowest BCUT2D eigenvalue weighted by molar-refractivity contribution is 0.814. The third-order valence-electron chi connectivity index (χ3n) is 1.40. The van der Waals surface area contributed by atoms with Crippen LogP contribution in [0.2, 0.25) is 5.02 Å². The molecule has 1 aromatic rings. The number of nitrogens with one attached hydrogen (secondary N) is 1. The van der Waals surface area contributed by atoms with Crippen molar-refractivity contribution in [2.24, 2.45) is 0 Å². The lowest BCUT2D eigenvalue weighted by atomic mass is 10.2. The van der Waals surface area contributed by atoms with Crippen molar-refractivity contribution in [1.29, 1.82) is 0 Å². The zero-order valence-electron chi connectivity index (χ0n) is 6.60. The Bertz CT molecular complexity index is 253. The van der Waals surface area contributed by atoms with Crippen molar-refractivity contribution in [2.45, 2.75) is 6.54 Å². The Hall–Kier alpha value is 0.240. The van der Waals surface area contributed by atoms with Gasteiger partial charge in [0.05, 0.1) is 5.02 Å². The number of hydrogen-bond donors (Lipinski definition) is 1. The Morgan fingerprint density at radius 2 is 2.17 bits per heavy atom. The molecule has 0 atom stereocenters. The summed E-state index contributed by atoms with van der Waals surface area (Å²) in [4.78, 5) is 0. The van der Waals surface area contributed by atoms with Crippen LogP contribution in [0.3, 0.4) is 0 Å². The predicted molar refractivity (Wildman–Crippen MR) is 59.2 cm³/mol. The molecule has 0 aliphatic rings. The van der Waals surface area contributed by atoms with Gasteiger partial charge in [-0.1, -0.05) is 23.7 Å². The van der Waals surface area contributed by atoms with Crippen LogP contribution in [0.1, 0.15) is 5.56 Å². The summed E-state index contributed by atoms with van der Waals surface area (Å²) in [5.74, 6) is 0. The van der Waals surface area contributed by atoms with Crippen LogP contribution < -0.4 is 5.32 Å². The summed E-state index contributed by atoms with van der Waals surface area (Å²) in [5.41, 5.74) is 1.18. The number of rotatable bonds is 2. The number of halogens is 3. The molecule has 0 saturated carbocycles. The molecule has 0 amide bonds. The normalized spacial score (nSPS) is 9.25. The number of hydrogen-bond acceptors (Lipinski definition) is 1. The van der Waals surface area contributed by atoms with Gasteiger partial charge in [0.15, 0.2) is 0 Å². The molecule has 0 saturated heterocycles. The maximum Gasteiger partial charge on any atom is 0.0551 e. The highest BCUT2D eigenvalue weighted by Gasteiger charge is 2.00. The topological polar surface area (TPSA) is 12.0 Å². The molecule has 1 N–H and O–H groups in total. The van der Waals surface area contributed by atoms with Crippen LogP contribution in [0, 0.1) is 0 Å². The summed E-state index contributed by atoms with van der Waals surface area (Å²) in [7, 11) is 1.91. The van der Waals surface area contributed by atoms with Crippen molar-refractivity contribution in [2.75, 3.05) is 7.05 Å². The lowest BCUT2D eigenvalue weighted by Gasteiger charge is -2.03. The van der Waals surface area contributed by atoms with Crippen molar-refractivity contribution in [3.8, 4) is 0 Å². The summed E-state index contributed by atoms with van der Waals surface area (Å²) in [6.07, 6.45) is 0. The predicted octanol–water partition coefficient (Wildman–Crippen LogP) is 3.24. The van der Waals surface area contributed by atoms with Gasteiger partial charge in [-0.15, -0.1) is 12.4 Å². The second-order valence-corrected chi connectivity index (χ2v) is 3.44. The molecule has 0 aliphatic carbocycles. The highest BCUT2D eigenvalue weighted by molar-refractivity contribution is 9.10. The highest BCUT2D eigenvalue weighted by atomic mass is 79.9. The van der Waals surface area contributed by atoms with Crippen LogP contribution in [0.5, 0.6) is 0 Å². The van der Waals surface area contributed by atoms with Gasteiger partial charge in [0.2, 0.25) is 0 Å². The SMILES string of the molecule is CNCc1cccc(Cl)c1Br.Cl. The smallest absolute Gasteiger partial charge is 0.0551 e. The molecule has 0 unspecified atom stereocenters. The fourth-order valence-electron chi connectivity index (χ4n) is 0.875. The van der Waals surface area contributed by atoms with Crippen molar-refractivity contribution in [3.05, 3.63) is 33.3 Å². The molecule has 0 aliphatic heterocycles. The third kappa shape index (κ3) is 2.94. The molecule has 0 radical (unpaired) electrons. The van der Waals surface area contributed by atoms with Gasteiger partial charge in [-0.2, -0.15) is 0 Å². The van der Waals surface area contributed by atoms with Gasteiger partial charge in [-0.3, -0.25) is 0 Å². The first-order valence-corrected chi connectivity index (χ1v) is 4.50. The van der Waals surface area contributed by atoms with E-state index in [1.165, 1.54) is 5.56 Å². The minimum Gasteiger partial charge on any atom is -0.316 e. The zero-order valence-corrected chi connectivity index (χ0v) is 9.76. The van der Waals surface area contributed by atoms with Crippen molar-refractivity contribution in [1.82, 2.24) is 5.32 Å². The second-order valence-electron chi connectivity index (χ2n) is 2.24. The summed E-state index contributed by atoms with van der Waals surface area (Å²) in [5, 5.41) is 3.83. The van der Waals surface area contributed by atoms with Crippen LogP contribution in [-0.4, -0.2) is 7.05 Å². The maximum absolute atomic E-state index is 5.87. The van der Waals surface area contributed by atoms with E-state index in [0.29, 0.717) is 0 Å². The number of benzene rings is 1. The summed E-state index contributed by atoms with van der Waals surface area (Å²) in [6, 6.07) is 5.84. The van der Waals surface area contributed by atoms with Crippen molar-refractivity contribution in [3.63, 3.8) is 0 Å². The molecule has 0 bridgehead atoms. The quantitative estimate of drug-likeness (QED) is 0.870. The van der Waals surface area contributed by atoms with Gasteiger partial charge in [-0.05, 0) is 34.6 Å². The van der Waals surface area contributed by atoms with E-state index in [0.717, 1.165) is 16.0 Å². The molecule has 4 heteroatoms. The fourth-order valence-corrected chi connectivity index (χ4v) is 1.47. The Balaban J connectivity index is 0.00000121. The van der Waals surface area contributed by atoms with E-state index in [2.05, 4.69) is 21.2 Å². The van der Waals surface area contributed by atoms with Crippen LogP contribution in [0.25, 0.3) is 0 Å². The highest BCUT2D eigenvalue weighted by Crippen LogP contribution is 2.25. The van der Waals surface area contributed by atoms with Crippen LogP contribution in [-0.2, 0) is 6.54 Å². The Kier molecular flexibility index (Phi) is 5.93. The summed E-state index contributed by atoms with van der Waals surface area (Å²) in [6.45, 7) is 0.834. The molecule has 1 aromatic carbocycles. The minimum absolute atomic E-state index is 0. The van der Waals surface area contributed by atoms with Gasteiger partial charge < -0.3 is 5.32 Å². The Morgan fingerprint density at radius 1 is 1.50 bits per heavy atom. The van der Waals surface area contributed by atoms with Gasteiger partial charge >= 0.3 is 0 Å². The third-order valence-corrected chi connectivity index (χ3v) is 2.88. The van der Waals surface area contributed by atoms with Crippen molar-refractivity contribution >= 4 is 39.9 Å². The molecule has 0 fully saturated rings. The van der Waals surface area contributed by atoms with Crippen LogP contribution in [0.4, 0.5) is 0 Å². The molecule has 0 spiro atoms. The molecule has 0 aromatic heterocycles. The van der Waals surface area contributed by atoms with E-state index >= 15 is 0 Å². The van der Waals surface area contributed by atoms with Crippen LogP contribution >= 0.6 is 39.9 Å². The lowest BCUT2D eigenvalue weighted by Crippen LogP contribution is -2.05. The standard InChI is InChI=1S/C8H9BrClN.ClH/c1-11-5-6-3-2-4-7(10)8(6)9;/h2-4,11H,5H2,1H3;1H. The minimum atomic E-state index is 0. The first kappa shape index (κ1) is 12.2. The van der Waals surface area contributed by atoms with Gasteiger partial charge in [0, 0.05) is 11.0 Å². The average Bonchev–Trinajstić information content (AvgIpc) is 1.99. The Morgan fingerprint density at radius 3 is 2.75 bits per heavy atom. The van der Waals surface area contributed by atoms with E-state index in [9.17, 15) is 0 Å². The first-order chi connectivity index (χ1) is 5.25. The summed E-state index contributed by atoms with van der Waals surface area (Å²) < 4.78 is 0.982. The van der Waals surface area contributed by atoms with Crippen molar-refractivity contribution < 1.29 is 0 Å².